The number of fused-ring (bicyclic) bond motifs is 1. The normalized spacial score (nSPS) is 38.8. The van der Waals surface area contributed by atoms with E-state index in [0.29, 0.717) is 0 Å². The Morgan fingerprint density at radius 1 is 1.37 bits per heavy atom. The standard InChI is InChI=1S/C10H12BN3O5/c1-4(15)17-6-7-10(6,3-13-14-12)8(9(11)19-7)18-5(2)16/h6-9H,3H2,1-2H3/t6?,7-,8+,9-,10+/m1/s1. The van der Waals surface area contributed by atoms with E-state index in [9.17, 15) is 9.59 Å². The van der Waals surface area contributed by atoms with Crippen molar-refractivity contribution in [2.75, 3.05) is 6.54 Å². The second-order valence-electron chi connectivity index (χ2n) is 4.58. The molecule has 2 fully saturated rings. The molecule has 1 aliphatic heterocycles. The number of ether oxygens (including phenoxy) is 3. The van der Waals surface area contributed by atoms with Crippen LogP contribution in [-0.4, -0.2) is 50.6 Å². The van der Waals surface area contributed by atoms with Crippen molar-refractivity contribution in [1.29, 1.82) is 0 Å². The van der Waals surface area contributed by atoms with Crippen molar-refractivity contribution >= 4 is 19.8 Å². The Morgan fingerprint density at radius 2 is 1.95 bits per heavy atom. The summed E-state index contributed by atoms with van der Waals surface area (Å²) in [6.07, 6.45) is -1.93. The summed E-state index contributed by atoms with van der Waals surface area (Å²) in [6.45, 7) is 2.48. The fourth-order valence-electron chi connectivity index (χ4n) is 2.59. The van der Waals surface area contributed by atoms with E-state index in [-0.39, 0.29) is 6.54 Å². The van der Waals surface area contributed by atoms with Crippen LogP contribution in [0, 0.1) is 5.41 Å². The maximum Gasteiger partial charge on any atom is 0.303 e. The van der Waals surface area contributed by atoms with Gasteiger partial charge in [-0.15, -0.1) is 0 Å². The summed E-state index contributed by atoms with van der Waals surface area (Å²) in [7, 11) is 5.72. The third-order valence-electron chi connectivity index (χ3n) is 3.35. The van der Waals surface area contributed by atoms with Crippen molar-refractivity contribution < 1.29 is 23.8 Å². The molecule has 2 rings (SSSR count). The molecule has 1 aliphatic carbocycles. The zero-order valence-electron chi connectivity index (χ0n) is 10.5. The second-order valence-corrected chi connectivity index (χ2v) is 4.58. The minimum absolute atomic E-state index is 0.0161. The van der Waals surface area contributed by atoms with Crippen LogP contribution in [0.3, 0.4) is 0 Å². The molecule has 19 heavy (non-hydrogen) atoms. The number of azide groups is 1. The van der Waals surface area contributed by atoms with Gasteiger partial charge in [0.1, 0.15) is 26.2 Å². The molecule has 0 amide bonds. The first-order chi connectivity index (χ1) is 8.93. The van der Waals surface area contributed by atoms with E-state index >= 15 is 0 Å². The predicted molar refractivity (Wildman–Crippen MR) is 62.0 cm³/mol. The first-order valence-electron chi connectivity index (χ1n) is 5.70. The van der Waals surface area contributed by atoms with Gasteiger partial charge in [-0.3, -0.25) is 9.59 Å². The summed E-state index contributed by atoms with van der Waals surface area (Å²) < 4.78 is 15.6. The Balaban J connectivity index is 2.23. The number of hydrogen-bond acceptors (Lipinski definition) is 6. The number of nitrogens with zero attached hydrogens (tertiary/aromatic N) is 3. The molecule has 0 aromatic heterocycles. The molecule has 0 bridgehead atoms. The van der Waals surface area contributed by atoms with Crippen LogP contribution < -0.4 is 0 Å². The molecular weight excluding hydrogens is 253 g/mol. The van der Waals surface area contributed by atoms with Gasteiger partial charge in [0.2, 0.25) is 0 Å². The lowest BCUT2D eigenvalue weighted by molar-refractivity contribution is -0.157. The molecule has 9 heteroatoms. The quantitative estimate of drug-likeness (QED) is 0.234. The molecule has 0 aromatic carbocycles. The second kappa shape index (κ2) is 4.75. The highest BCUT2D eigenvalue weighted by Crippen LogP contribution is 2.60. The van der Waals surface area contributed by atoms with Crippen LogP contribution in [-0.2, 0) is 23.8 Å². The molecule has 0 spiro atoms. The number of rotatable bonds is 4. The Kier molecular flexibility index (Phi) is 3.43. The van der Waals surface area contributed by atoms with Crippen molar-refractivity contribution in [3.8, 4) is 0 Å². The average molecular weight is 265 g/mol. The van der Waals surface area contributed by atoms with Crippen molar-refractivity contribution in [3.63, 3.8) is 0 Å². The van der Waals surface area contributed by atoms with E-state index < -0.39 is 41.7 Å². The lowest BCUT2D eigenvalue weighted by Gasteiger charge is -2.26. The largest absolute Gasteiger partial charge is 0.460 e. The van der Waals surface area contributed by atoms with Crippen LogP contribution in [0.2, 0.25) is 0 Å². The zero-order valence-corrected chi connectivity index (χ0v) is 10.5. The van der Waals surface area contributed by atoms with Crippen LogP contribution >= 0.6 is 0 Å². The maximum atomic E-state index is 11.1. The Bertz CT molecular complexity index is 466. The smallest absolute Gasteiger partial charge is 0.303 e. The molecule has 5 atom stereocenters. The van der Waals surface area contributed by atoms with Gasteiger partial charge in [-0.25, -0.2) is 0 Å². The third-order valence-corrected chi connectivity index (χ3v) is 3.35. The van der Waals surface area contributed by atoms with E-state index in [4.69, 9.17) is 27.6 Å². The highest BCUT2D eigenvalue weighted by Gasteiger charge is 2.78. The van der Waals surface area contributed by atoms with Crippen LogP contribution in [0.25, 0.3) is 10.4 Å². The van der Waals surface area contributed by atoms with Crippen LogP contribution in [0.5, 0.6) is 0 Å². The molecule has 0 N–H and O–H groups in total. The topological polar surface area (TPSA) is 111 Å². The van der Waals surface area contributed by atoms with Gasteiger partial charge in [-0.05, 0) is 5.53 Å². The fourth-order valence-corrected chi connectivity index (χ4v) is 2.59. The highest BCUT2D eigenvalue weighted by molar-refractivity contribution is 6.12. The van der Waals surface area contributed by atoms with E-state index in [0.717, 1.165) is 0 Å². The van der Waals surface area contributed by atoms with Crippen LogP contribution in [0.15, 0.2) is 5.11 Å². The summed E-state index contributed by atoms with van der Waals surface area (Å²) in [5, 5.41) is 3.48. The van der Waals surface area contributed by atoms with E-state index in [2.05, 4.69) is 10.0 Å². The monoisotopic (exact) mass is 265 g/mol. The molecule has 1 saturated heterocycles. The number of hydrogen-bond donors (Lipinski definition) is 0. The van der Waals surface area contributed by atoms with Gasteiger partial charge in [-0.1, -0.05) is 5.11 Å². The number of carbonyl (C=O) groups is 2. The summed E-state index contributed by atoms with van der Waals surface area (Å²) >= 11 is 0. The van der Waals surface area contributed by atoms with Gasteiger partial charge in [-0.2, -0.15) is 0 Å². The van der Waals surface area contributed by atoms with Gasteiger partial charge in [0.05, 0.1) is 11.4 Å². The van der Waals surface area contributed by atoms with E-state index in [1.165, 1.54) is 13.8 Å². The molecular formula is C10H12BN3O5. The van der Waals surface area contributed by atoms with Crippen molar-refractivity contribution in [1.82, 2.24) is 0 Å². The van der Waals surface area contributed by atoms with Crippen LogP contribution in [0.1, 0.15) is 13.8 Å². The average Bonchev–Trinajstić information content (AvgIpc) is 2.78. The first-order valence-corrected chi connectivity index (χ1v) is 5.70. The molecule has 2 radical (unpaired) electrons. The van der Waals surface area contributed by atoms with Gasteiger partial charge in [0.25, 0.3) is 0 Å². The third kappa shape index (κ3) is 2.15. The van der Waals surface area contributed by atoms with Crippen LogP contribution in [0.4, 0.5) is 0 Å². The first kappa shape index (κ1) is 13.7. The number of carbonyl (C=O) groups excluding carboxylic acids is 2. The van der Waals surface area contributed by atoms with Crippen molar-refractivity contribution in [2.24, 2.45) is 10.5 Å². The molecule has 1 unspecified atom stereocenters. The summed E-state index contributed by atoms with van der Waals surface area (Å²) in [6, 6.07) is -0.824. The lowest BCUT2D eigenvalue weighted by Crippen LogP contribution is -2.40. The van der Waals surface area contributed by atoms with Gasteiger partial charge < -0.3 is 14.2 Å². The van der Waals surface area contributed by atoms with Gasteiger partial charge >= 0.3 is 11.9 Å². The molecule has 1 heterocycles. The summed E-state index contributed by atoms with van der Waals surface area (Å²) in [5.74, 6) is -1.02. The lowest BCUT2D eigenvalue weighted by atomic mass is 9.85. The van der Waals surface area contributed by atoms with Crippen molar-refractivity contribution in [3.05, 3.63) is 10.4 Å². The van der Waals surface area contributed by atoms with Gasteiger partial charge in [0.15, 0.2) is 0 Å². The van der Waals surface area contributed by atoms with E-state index in [1.54, 1.807) is 0 Å². The molecule has 8 nitrogen and oxygen atoms in total. The van der Waals surface area contributed by atoms with E-state index in [1.807, 2.05) is 0 Å². The molecule has 0 aromatic rings. The van der Waals surface area contributed by atoms with Gasteiger partial charge in [0, 0.05) is 25.3 Å². The molecule has 2 aliphatic rings. The fraction of sp³-hybridized carbons (Fsp3) is 0.800. The van der Waals surface area contributed by atoms with Crippen molar-refractivity contribution in [2.45, 2.75) is 38.2 Å². The highest BCUT2D eigenvalue weighted by atomic mass is 16.6. The SMILES string of the molecule is [B][C@@H]1O[C@@H]2C(OC(C)=O)[C@]2(CN=[N+]=[N-])[C@H]1OC(C)=O. The Morgan fingerprint density at radius 3 is 2.47 bits per heavy atom. The summed E-state index contributed by atoms with van der Waals surface area (Å²) in [4.78, 5) is 24.8. The Labute approximate surface area is 110 Å². The Hall–Kier alpha value is -1.73. The minimum Gasteiger partial charge on any atom is -0.460 e. The maximum absolute atomic E-state index is 11.1. The summed E-state index contributed by atoms with van der Waals surface area (Å²) in [5.41, 5.74) is 7.56. The minimum atomic E-state index is -0.872. The molecule has 100 valence electrons. The number of esters is 2. The predicted octanol–water partition coefficient (Wildman–Crippen LogP) is 0.0535. The molecule has 1 saturated carbocycles. The zero-order chi connectivity index (χ0) is 14.2.